The fourth-order valence-corrected chi connectivity index (χ4v) is 2.43. The van der Waals surface area contributed by atoms with Gasteiger partial charge in [0.2, 0.25) is 0 Å². The molecule has 0 amide bonds. The summed E-state index contributed by atoms with van der Waals surface area (Å²) in [4.78, 5) is 8.87. The molecule has 3 rings (SSSR count). The third-order valence-electron chi connectivity index (χ3n) is 3.23. The van der Waals surface area contributed by atoms with Gasteiger partial charge in [-0.05, 0) is 44.7 Å². The Labute approximate surface area is 105 Å². The zero-order chi connectivity index (χ0) is 12.7. The second-order valence-electron chi connectivity index (χ2n) is 4.55. The van der Waals surface area contributed by atoms with Crippen molar-refractivity contribution in [1.29, 1.82) is 5.26 Å². The maximum Gasteiger partial charge on any atom is 0.173 e. The molecule has 18 heavy (non-hydrogen) atoms. The van der Waals surface area contributed by atoms with E-state index in [-0.39, 0.29) is 0 Å². The zero-order valence-corrected chi connectivity index (χ0v) is 10.4. The summed E-state index contributed by atoms with van der Waals surface area (Å²) in [6, 6.07) is 4.15. The summed E-state index contributed by atoms with van der Waals surface area (Å²) in [7, 11) is 0. The van der Waals surface area contributed by atoms with E-state index in [9.17, 15) is 5.26 Å². The molecule has 5 nitrogen and oxygen atoms in total. The molecule has 1 aliphatic rings. The van der Waals surface area contributed by atoms with Crippen molar-refractivity contribution >= 4 is 0 Å². The van der Waals surface area contributed by atoms with Gasteiger partial charge < -0.3 is 0 Å². The average molecular weight is 239 g/mol. The van der Waals surface area contributed by atoms with Gasteiger partial charge in [0, 0.05) is 5.69 Å². The minimum absolute atomic E-state index is 0.573. The molecule has 2 aromatic heterocycles. The van der Waals surface area contributed by atoms with Crippen LogP contribution in [-0.4, -0.2) is 19.7 Å². The first-order valence-electron chi connectivity index (χ1n) is 6.02. The summed E-state index contributed by atoms with van der Waals surface area (Å²) in [5.41, 5.74) is 2.87. The normalized spacial score (nSPS) is 13.4. The van der Waals surface area contributed by atoms with Crippen molar-refractivity contribution in [3.63, 3.8) is 0 Å². The average Bonchev–Trinajstić information content (AvgIpc) is 2.93. The van der Waals surface area contributed by atoms with Crippen LogP contribution < -0.4 is 0 Å². The van der Waals surface area contributed by atoms with Crippen molar-refractivity contribution in [1.82, 2.24) is 19.7 Å². The topological polar surface area (TPSA) is 67.4 Å². The van der Waals surface area contributed by atoms with Crippen molar-refractivity contribution in [3.8, 4) is 11.9 Å². The quantitative estimate of drug-likeness (QED) is 0.758. The molecular weight excluding hydrogens is 226 g/mol. The van der Waals surface area contributed by atoms with Crippen LogP contribution in [0, 0.1) is 25.2 Å². The third-order valence-corrected chi connectivity index (χ3v) is 3.23. The molecule has 5 heteroatoms. The predicted octanol–water partition coefficient (Wildman–Crippen LogP) is 1.64. The molecule has 2 aromatic rings. The molecule has 2 heterocycles. The highest BCUT2D eigenvalue weighted by Gasteiger charge is 2.19. The largest absolute Gasteiger partial charge is 0.232 e. The standard InChI is InChI=1S/C13H13N5/c1-8-15-9(2)18(17-8)13-11(7-14)6-10-4-3-5-12(10)16-13/h6H,3-5H2,1-2H3. The summed E-state index contributed by atoms with van der Waals surface area (Å²) in [6.45, 7) is 3.71. The Bertz CT molecular complexity index is 663. The number of aryl methyl sites for hydroxylation is 4. The number of pyridine rings is 1. The molecule has 0 aromatic carbocycles. The van der Waals surface area contributed by atoms with Crippen LogP contribution >= 0.6 is 0 Å². The van der Waals surface area contributed by atoms with Crippen molar-refractivity contribution in [3.05, 3.63) is 34.5 Å². The maximum absolute atomic E-state index is 9.26. The second kappa shape index (κ2) is 3.91. The van der Waals surface area contributed by atoms with Crippen LogP contribution in [0.3, 0.4) is 0 Å². The molecular formula is C13H13N5. The van der Waals surface area contributed by atoms with E-state index in [1.54, 1.807) is 4.68 Å². The Balaban J connectivity index is 2.23. The Hall–Kier alpha value is -2.22. The lowest BCUT2D eigenvalue weighted by molar-refractivity contribution is 0.791. The lowest BCUT2D eigenvalue weighted by Crippen LogP contribution is -2.07. The van der Waals surface area contributed by atoms with E-state index in [2.05, 4.69) is 21.1 Å². The van der Waals surface area contributed by atoms with Crippen LogP contribution in [0.15, 0.2) is 6.07 Å². The minimum atomic E-state index is 0.573. The lowest BCUT2D eigenvalue weighted by Gasteiger charge is -2.07. The van der Waals surface area contributed by atoms with E-state index in [1.165, 1.54) is 5.56 Å². The first-order valence-corrected chi connectivity index (χ1v) is 6.02. The first kappa shape index (κ1) is 10.9. The molecule has 0 fully saturated rings. The van der Waals surface area contributed by atoms with Crippen LogP contribution in [0.25, 0.3) is 5.82 Å². The van der Waals surface area contributed by atoms with Gasteiger partial charge in [0.1, 0.15) is 17.7 Å². The summed E-state index contributed by atoms with van der Waals surface area (Å²) in [5.74, 6) is 2.06. The number of nitrogens with zero attached hydrogens (tertiary/aromatic N) is 5. The van der Waals surface area contributed by atoms with Crippen molar-refractivity contribution in [2.24, 2.45) is 0 Å². The highest BCUT2D eigenvalue weighted by atomic mass is 15.4. The number of aromatic nitrogens is 4. The number of hydrogen-bond acceptors (Lipinski definition) is 4. The summed E-state index contributed by atoms with van der Waals surface area (Å²) in [6.07, 6.45) is 3.12. The Morgan fingerprint density at radius 2 is 2.11 bits per heavy atom. The molecule has 0 bridgehead atoms. The number of rotatable bonds is 1. The molecule has 0 saturated carbocycles. The SMILES string of the molecule is Cc1nc(C)n(-c2nc3c(cc2C#N)CCC3)n1. The summed E-state index contributed by atoms with van der Waals surface area (Å²) in [5, 5.41) is 13.6. The van der Waals surface area contributed by atoms with Gasteiger partial charge in [0.15, 0.2) is 5.82 Å². The molecule has 90 valence electrons. The highest BCUT2D eigenvalue weighted by Crippen LogP contribution is 2.24. The smallest absolute Gasteiger partial charge is 0.173 e. The van der Waals surface area contributed by atoms with Crippen LogP contribution in [0.1, 0.15) is 34.9 Å². The van der Waals surface area contributed by atoms with Gasteiger partial charge in [0.25, 0.3) is 0 Å². The second-order valence-corrected chi connectivity index (χ2v) is 4.55. The monoisotopic (exact) mass is 239 g/mol. The predicted molar refractivity (Wildman–Crippen MR) is 65.4 cm³/mol. The van der Waals surface area contributed by atoms with Gasteiger partial charge in [-0.1, -0.05) is 0 Å². The first-order chi connectivity index (χ1) is 8.69. The number of hydrogen-bond donors (Lipinski definition) is 0. The van der Waals surface area contributed by atoms with Crippen LogP contribution in [-0.2, 0) is 12.8 Å². The van der Waals surface area contributed by atoms with Gasteiger partial charge in [-0.25, -0.2) is 9.97 Å². The zero-order valence-electron chi connectivity index (χ0n) is 10.4. The number of fused-ring (bicyclic) bond motifs is 1. The van der Waals surface area contributed by atoms with Crippen molar-refractivity contribution in [2.45, 2.75) is 33.1 Å². The fourth-order valence-electron chi connectivity index (χ4n) is 2.43. The van der Waals surface area contributed by atoms with E-state index in [0.29, 0.717) is 17.2 Å². The number of nitriles is 1. The molecule has 1 aliphatic carbocycles. The maximum atomic E-state index is 9.26. The molecule has 0 atom stereocenters. The Kier molecular flexibility index (Phi) is 2.37. The Morgan fingerprint density at radius 3 is 2.78 bits per heavy atom. The summed E-state index contributed by atoms with van der Waals surface area (Å²) >= 11 is 0. The third kappa shape index (κ3) is 1.58. The van der Waals surface area contributed by atoms with E-state index >= 15 is 0 Å². The molecule has 0 spiro atoms. The van der Waals surface area contributed by atoms with Crippen LogP contribution in [0.4, 0.5) is 0 Å². The van der Waals surface area contributed by atoms with Crippen molar-refractivity contribution in [2.75, 3.05) is 0 Å². The molecule has 0 radical (unpaired) electrons. The van der Waals surface area contributed by atoms with Gasteiger partial charge in [-0.3, -0.25) is 0 Å². The van der Waals surface area contributed by atoms with E-state index in [0.717, 1.165) is 30.8 Å². The fraction of sp³-hybridized carbons (Fsp3) is 0.385. The van der Waals surface area contributed by atoms with Crippen LogP contribution in [0.2, 0.25) is 0 Å². The van der Waals surface area contributed by atoms with Crippen LogP contribution in [0.5, 0.6) is 0 Å². The van der Waals surface area contributed by atoms with Gasteiger partial charge >= 0.3 is 0 Å². The molecule has 0 N–H and O–H groups in total. The Morgan fingerprint density at radius 1 is 1.28 bits per heavy atom. The van der Waals surface area contributed by atoms with E-state index < -0.39 is 0 Å². The molecule has 0 saturated heterocycles. The molecule has 0 unspecified atom stereocenters. The summed E-state index contributed by atoms with van der Waals surface area (Å²) < 4.78 is 1.66. The van der Waals surface area contributed by atoms with Gasteiger partial charge in [-0.2, -0.15) is 9.94 Å². The van der Waals surface area contributed by atoms with Crippen molar-refractivity contribution < 1.29 is 0 Å². The van der Waals surface area contributed by atoms with Gasteiger partial charge in [-0.15, -0.1) is 5.10 Å². The lowest BCUT2D eigenvalue weighted by atomic mass is 10.1. The minimum Gasteiger partial charge on any atom is -0.232 e. The van der Waals surface area contributed by atoms with E-state index in [1.807, 2.05) is 19.9 Å². The van der Waals surface area contributed by atoms with E-state index in [4.69, 9.17) is 0 Å². The molecule has 0 aliphatic heterocycles. The van der Waals surface area contributed by atoms with Gasteiger partial charge in [0.05, 0.1) is 5.56 Å². The highest BCUT2D eigenvalue weighted by molar-refractivity contribution is 5.48.